The van der Waals surface area contributed by atoms with Crippen LogP contribution in [0.4, 0.5) is 10.5 Å². The van der Waals surface area contributed by atoms with Gasteiger partial charge in [-0.05, 0) is 45.0 Å². The van der Waals surface area contributed by atoms with Gasteiger partial charge in [-0.1, -0.05) is 0 Å². The summed E-state index contributed by atoms with van der Waals surface area (Å²) in [5.74, 6) is 0.621. The lowest BCUT2D eigenvalue weighted by atomic mass is 10.3. The second-order valence-electron chi connectivity index (χ2n) is 4.56. The maximum Gasteiger partial charge on any atom is 0.319 e. The zero-order chi connectivity index (χ0) is 15.8. The maximum atomic E-state index is 12.0. The van der Waals surface area contributed by atoms with Gasteiger partial charge in [0.15, 0.2) is 0 Å². The summed E-state index contributed by atoms with van der Waals surface area (Å²) in [7, 11) is 1.58. The summed E-state index contributed by atoms with van der Waals surface area (Å²) in [5, 5.41) is 5.31. The number of nitrogens with one attached hydrogen (secondary N) is 2. The highest BCUT2D eigenvalue weighted by molar-refractivity contribution is 5.93. The van der Waals surface area contributed by atoms with Gasteiger partial charge in [-0.15, -0.1) is 0 Å². The smallest absolute Gasteiger partial charge is 0.319 e. The Morgan fingerprint density at radius 3 is 2.24 bits per heavy atom. The number of hydrogen-bond donors (Lipinski definition) is 2. The van der Waals surface area contributed by atoms with E-state index in [0.29, 0.717) is 24.5 Å². The van der Waals surface area contributed by atoms with Gasteiger partial charge in [0.05, 0.1) is 7.11 Å². The van der Waals surface area contributed by atoms with E-state index in [1.807, 2.05) is 13.8 Å². The molecule has 6 heteroatoms. The van der Waals surface area contributed by atoms with Gasteiger partial charge in [-0.2, -0.15) is 0 Å². The molecule has 116 valence electrons. The van der Waals surface area contributed by atoms with Gasteiger partial charge < -0.3 is 20.3 Å². The number of benzene rings is 1. The molecule has 21 heavy (non-hydrogen) atoms. The van der Waals surface area contributed by atoms with E-state index in [9.17, 15) is 9.59 Å². The standard InChI is InChI=1S/C15H23N3O3/c1-5-18(6-2)14(19)11(3)16-15(20)17-12-7-9-13(21-4)10-8-12/h7-11H,5-6H2,1-4H3,(H2,16,17,20)/t11-/m1/s1. The van der Waals surface area contributed by atoms with E-state index in [-0.39, 0.29) is 5.91 Å². The Labute approximate surface area is 125 Å². The molecule has 0 aliphatic heterocycles. The zero-order valence-corrected chi connectivity index (χ0v) is 13.0. The molecule has 1 rings (SSSR count). The Kier molecular flexibility index (Phi) is 6.52. The van der Waals surface area contributed by atoms with Crippen LogP contribution in [0.1, 0.15) is 20.8 Å². The fraction of sp³-hybridized carbons (Fsp3) is 0.467. The van der Waals surface area contributed by atoms with Crippen LogP contribution in [-0.2, 0) is 4.79 Å². The van der Waals surface area contributed by atoms with Crippen LogP contribution in [0, 0.1) is 0 Å². The number of rotatable bonds is 6. The molecule has 0 spiro atoms. The minimum Gasteiger partial charge on any atom is -0.497 e. The Balaban J connectivity index is 2.54. The van der Waals surface area contributed by atoms with E-state index in [1.54, 1.807) is 43.2 Å². The minimum absolute atomic E-state index is 0.0927. The molecule has 0 aromatic heterocycles. The molecule has 0 saturated carbocycles. The van der Waals surface area contributed by atoms with Crippen molar-refractivity contribution in [2.75, 3.05) is 25.5 Å². The quantitative estimate of drug-likeness (QED) is 0.843. The molecule has 0 bridgehead atoms. The summed E-state index contributed by atoms with van der Waals surface area (Å²) in [6, 6.07) is 5.99. The van der Waals surface area contributed by atoms with Crippen molar-refractivity contribution in [2.24, 2.45) is 0 Å². The highest BCUT2D eigenvalue weighted by Crippen LogP contribution is 2.14. The Morgan fingerprint density at radius 2 is 1.76 bits per heavy atom. The average Bonchev–Trinajstić information content (AvgIpc) is 2.49. The van der Waals surface area contributed by atoms with Gasteiger partial charge >= 0.3 is 6.03 Å². The third kappa shape index (κ3) is 4.98. The van der Waals surface area contributed by atoms with Crippen LogP contribution in [0.15, 0.2) is 24.3 Å². The summed E-state index contributed by atoms with van der Waals surface area (Å²) in [6.07, 6.45) is 0. The first-order valence-electron chi connectivity index (χ1n) is 7.02. The molecule has 0 heterocycles. The number of carbonyl (C=O) groups is 2. The highest BCUT2D eigenvalue weighted by Gasteiger charge is 2.19. The Bertz CT molecular complexity index is 470. The molecule has 0 fully saturated rings. The molecule has 1 atom stereocenters. The largest absolute Gasteiger partial charge is 0.497 e. The van der Waals surface area contributed by atoms with E-state index in [4.69, 9.17) is 4.74 Å². The number of ether oxygens (including phenoxy) is 1. The van der Waals surface area contributed by atoms with Crippen molar-refractivity contribution >= 4 is 17.6 Å². The van der Waals surface area contributed by atoms with Gasteiger partial charge in [0.1, 0.15) is 11.8 Å². The molecule has 2 N–H and O–H groups in total. The van der Waals surface area contributed by atoms with Crippen molar-refractivity contribution in [3.05, 3.63) is 24.3 Å². The molecule has 0 aliphatic rings. The number of anilines is 1. The second-order valence-corrected chi connectivity index (χ2v) is 4.56. The summed E-state index contributed by atoms with van der Waals surface area (Å²) in [5.41, 5.74) is 0.635. The average molecular weight is 293 g/mol. The van der Waals surface area contributed by atoms with Crippen LogP contribution in [0.2, 0.25) is 0 Å². The zero-order valence-electron chi connectivity index (χ0n) is 13.0. The van der Waals surface area contributed by atoms with Gasteiger partial charge in [0.25, 0.3) is 0 Å². The van der Waals surface area contributed by atoms with Crippen LogP contribution in [0.5, 0.6) is 5.75 Å². The first-order chi connectivity index (χ1) is 10.0. The fourth-order valence-electron chi connectivity index (χ4n) is 1.91. The maximum absolute atomic E-state index is 12.0. The summed E-state index contributed by atoms with van der Waals surface area (Å²) < 4.78 is 5.04. The highest BCUT2D eigenvalue weighted by atomic mass is 16.5. The third-order valence-electron chi connectivity index (χ3n) is 3.14. The molecular weight excluding hydrogens is 270 g/mol. The van der Waals surface area contributed by atoms with Crippen LogP contribution >= 0.6 is 0 Å². The lowest BCUT2D eigenvalue weighted by Gasteiger charge is -2.23. The Morgan fingerprint density at radius 1 is 1.19 bits per heavy atom. The molecule has 3 amide bonds. The molecule has 0 aliphatic carbocycles. The minimum atomic E-state index is -0.567. The summed E-state index contributed by atoms with van der Waals surface area (Å²) >= 11 is 0. The van der Waals surface area contributed by atoms with Gasteiger partial charge in [-0.3, -0.25) is 4.79 Å². The normalized spacial score (nSPS) is 11.4. The predicted molar refractivity (Wildman–Crippen MR) is 82.5 cm³/mol. The third-order valence-corrected chi connectivity index (χ3v) is 3.14. The van der Waals surface area contributed by atoms with E-state index in [1.165, 1.54) is 0 Å². The molecule has 0 unspecified atom stereocenters. The van der Waals surface area contributed by atoms with Crippen molar-refractivity contribution < 1.29 is 14.3 Å². The number of urea groups is 1. The number of methoxy groups -OCH3 is 1. The summed E-state index contributed by atoms with van der Waals surface area (Å²) in [4.78, 5) is 25.6. The molecule has 1 aromatic rings. The SMILES string of the molecule is CCN(CC)C(=O)[C@@H](C)NC(=O)Nc1ccc(OC)cc1. The lowest BCUT2D eigenvalue weighted by Crippen LogP contribution is -2.48. The van der Waals surface area contributed by atoms with Gasteiger partial charge in [0.2, 0.25) is 5.91 Å². The fourth-order valence-corrected chi connectivity index (χ4v) is 1.91. The van der Waals surface area contributed by atoms with Crippen molar-refractivity contribution in [3.63, 3.8) is 0 Å². The number of nitrogens with zero attached hydrogens (tertiary/aromatic N) is 1. The number of hydrogen-bond acceptors (Lipinski definition) is 3. The number of carbonyl (C=O) groups excluding carboxylic acids is 2. The topological polar surface area (TPSA) is 70.7 Å². The van der Waals surface area contributed by atoms with E-state index in [2.05, 4.69) is 10.6 Å². The number of amides is 3. The van der Waals surface area contributed by atoms with Crippen LogP contribution in [-0.4, -0.2) is 43.1 Å². The molecular formula is C15H23N3O3. The van der Waals surface area contributed by atoms with E-state index in [0.717, 1.165) is 0 Å². The van der Waals surface area contributed by atoms with Crippen LogP contribution in [0.25, 0.3) is 0 Å². The van der Waals surface area contributed by atoms with Crippen molar-refractivity contribution in [2.45, 2.75) is 26.8 Å². The van der Waals surface area contributed by atoms with E-state index < -0.39 is 12.1 Å². The molecule has 6 nitrogen and oxygen atoms in total. The summed E-state index contributed by atoms with van der Waals surface area (Å²) in [6.45, 7) is 6.74. The monoisotopic (exact) mass is 293 g/mol. The predicted octanol–water partition coefficient (Wildman–Crippen LogP) is 2.07. The van der Waals surface area contributed by atoms with E-state index >= 15 is 0 Å². The lowest BCUT2D eigenvalue weighted by molar-refractivity contribution is -0.132. The molecule has 0 radical (unpaired) electrons. The van der Waals surface area contributed by atoms with Gasteiger partial charge in [-0.25, -0.2) is 4.79 Å². The second kappa shape index (κ2) is 8.14. The van der Waals surface area contributed by atoms with Gasteiger partial charge in [0, 0.05) is 18.8 Å². The van der Waals surface area contributed by atoms with Crippen molar-refractivity contribution in [3.8, 4) is 5.75 Å². The molecule has 0 saturated heterocycles. The Hall–Kier alpha value is -2.24. The number of likely N-dealkylation sites (N-methyl/N-ethyl adjacent to an activating group) is 1. The molecule has 1 aromatic carbocycles. The first kappa shape index (κ1) is 16.8. The van der Waals surface area contributed by atoms with Crippen LogP contribution < -0.4 is 15.4 Å². The van der Waals surface area contributed by atoms with Crippen LogP contribution in [0.3, 0.4) is 0 Å². The first-order valence-corrected chi connectivity index (χ1v) is 7.02. The van der Waals surface area contributed by atoms with Crippen molar-refractivity contribution in [1.29, 1.82) is 0 Å². The van der Waals surface area contributed by atoms with Crippen molar-refractivity contribution in [1.82, 2.24) is 10.2 Å².